The van der Waals surface area contributed by atoms with Crippen LogP contribution in [0.5, 0.6) is 0 Å². The molecule has 0 spiro atoms. The molecule has 18 heavy (non-hydrogen) atoms. The molecule has 3 nitrogen and oxygen atoms in total. The van der Waals surface area contributed by atoms with Crippen molar-refractivity contribution in [1.82, 2.24) is 0 Å². The molecule has 0 radical (unpaired) electrons. The summed E-state index contributed by atoms with van der Waals surface area (Å²) in [5.74, 6) is -0.292. The van der Waals surface area contributed by atoms with Gasteiger partial charge in [0.1, 0.15) is 0 Å². The number of hydrogen-bond acceptors (Lipinski definition) is 3. The lowest BCUT2D eigenvalue weighted by molar-refractivity contribution is -0.169. The van der Waals surface area contributed by atoms with Gasteiger partial charge in [-0.25, -0.2) is 4.79 Å². The predicted octanol–water partition coefficient (Wildman–Crippen LogP) is 3.99. The third-order valence-electron chi connectivity index (χ3n) is 4.27. The molecule has 0 amide bonds. The van der Waals surface area contributed by atoms with Gasteiger partial charge in [0.05, 0.1) is 7.11 Å². The van der Waals surface area contributed by atoms with E-state index in [1.54, 1.807) is 0 Å². The van der Waals surface area contributed by atoms with Crippen molar-refractivity contribution in [1.29, 1.82) is 0 Å². The van der Waals surface area contributed by atoms with E-state index in [1.165, 1.54) is 7.11 Å². The zero-order chi connectivity index (χ0) is 15.0. The molecule has 0 aliphatic rings. The molecular formula is C14H30O3Si. The highest BCUT2D eigenvalue weighted by Gasteiger charge is 2.52. The highest BCUT2D eigenvalue weighted by atomic mass is 28.4. The van der Waals surface area contributed by atoms with Crippen LogP contribution in [0.1, 0.15) is 48.5 Å². The van der Waals surface area contributed by atoms with E-state index in [9.17, 15) is 4.79 Å². The molecule has 0 N–H and O–H groups in total. The van der Waals surface area contributed by atoms with Crippen molar-refractivity contribution in [3.05, 3.63) is 0 Å². The van der Waals surface area contributed by atoms with Crippen molar-refractivity contribution in [3.8, 4) is 0 Å². The molecule has 108 valence electrons. The summed E-state index contributed by atoms with van der Waals surface area (Å²) in [5.41, 5.74) is -1.22. The smallest absolute Gasteiger partial charge is 0.337 e. The summed E-state index contributed by atoms with van der Waals surface area (Å²) in [7, 11) is -0.612. The molecular weight excluding hydrogens is 244 g/mol. The average Bonchev–Trinajstić information content (AvgIpc) is 2.11. The summed E-state index contributed by atoms with van der Waals surface area (Å²) < 4.78 is 11.3. The van der Waals surface area contributed by atoms with Crippen LogP contribution in [0.2, 0.25) is 18.1 Å². The number of carbonyl (C=O) groups excluding carboxylic acids is 1. The molecule has 4 heteroatoms. The second-order valence-electron chi connectivity index (χ2n) is 7.64. The van der Waals surface area contributed by atoms with Crippen LogP contribution in [0.15, 0.2) is 0 Å². The number of methoxy groups -OCH3 is 1. The van der Waals surface area contributed by atoms with Gasteiger partial charge in [-0.3, -0.25) is 0 Å². The van der Waals surface area contributed by atoms with E-state index < -0.39 is 13.9 Å². The van der Waals surface area contributed by atoms with Crippen LogP contribution in [0.4, 0.5) is 0 Å². The molecule has 0 rings (SSSR count). The quantitative estimate of drug-likeness (QED) is 0.577. The van der Waals surface area contributed by atoms with Gasteiger partial charge in [-0.05, 0) is 25.1 Å². The van der Waals surface area contributed by atoms with Gasteiger partial charge in [0, 0.05) is 5.41 Å². The van der Waals surface area contributed by atoms with Crippen molar-refractivity contribution in [3.63, 3.8) is 0 Å². The predicted molar refractivity (Wildman–Crippen MR) is 78.2 cm³/mol. The Morgan fingerprint density at radius 1 is 0.944 bits per heavy atom. The minimum atomic E-state index is -2.03. The van der Waals surface area contributed by atoms with E-state index in [4.69, 9.17) is 9.16 Å². The van der Waals surface area contributed by atoms with Gasteiger partial charge in [0.2, 0.25) is 0 Å². The third-order valence-corrected chi connectivity index (χ3v) is 8.80. The molecule has 0 aromatic rings. The van der Waals surface area contributed by atoms with Crippen molar-refractivity contribution < 1.29 is 14.0 Å². The van der Waals surface area contributed by atoms with Gasteiger partial charge < -0.3 is 9.16 Å². The molecule has 0 bridgehead atoms. The van der Waals surface area contributed by atoms with Crippen molar-refractivity contribution in [2.75, 3.05) is 7.11 Å². The lowest BCUT2D eigenvalue weighted by Crippen LogP contribution is -2.58. The molecule has 0 aliphatic heterocycles. The molecule has 0 fully saturated rings. The van der Waals surface area contributed by atoms with Crippen LogP contribution in [-0.4, -0.2) is 27.0 Å². The highest BCUT2D eigenvalue weighted by molar-refractivity contribution is 6.74. The van der Waals surface area contributed by atoms with E-state index in [1.807, 2.05) is 27.7 Å². The number of rotatable bonds is 3. The van der Waals surface area contributed by atoms with Crippen LogP contribution in [0.25, 0.3) is 0 Å². The average molecular weight is 274 g/mol. The number of hydrogen-bond donors (Lipinski definition) is 0. The van der Waals surface area contributed by atoms with E-state index in [0.717, 1.165) is 0 Å². The first-order chi connectivity index (χ1) is 7.69. The van der Waals surface area contributed by atoms with Gasteiger partial charge in [0.25, 0.3) is 0 Å². The monoisotopic (exact) mass is 274 g/mol. The molecule has 0 saturated heterocycles. The Hall–Kier alpha value is -0.353. The van der Waals surface area contributed by atoms with Gasteiger partial charge in [0.15, 0.2) is 13.9 Å². The molecule has 1 unspecified atom stereocenters. The fourth-order valence-corrected chi connectivity index (χ4v) is 3.08. The molecule has 0 aliphatic carbocycles. The summed E-state index contributed by atoms with van der Waals surface area (Å²) in [5, 5.41) is 0.0630. The zero-order valence-electron chi connectivity index (χ0n) is 13.7. The van der Waals surface area contributed by atoms with E-state index in [-0.39, 0.29) is 16.4 Å². The van der Waals surface area contributed by atoms with E-state index >= 15 is 0 Å². The Balaban J connectivity index is 5.49. The van der Waals surface area contributed by atoms with Crippen molar-refractivity contribution >= 4 is 14.3 Å². The number of carbonyl (C=O) groups is 1. The molecule has 0 aromatic carbocycles. The summed E-state index contributed by atoms with van der Waals surface area (Å²) in [6, 6.07) is 0. The summed E-state index contributed by atoms with van der Waals surface area (Å²) >= 11 is 0. The second-order valence-corrected chi connectivity index (χ2v) is 12.4. The Labute approximate surface area is 113 Å². The maximum atomic E-state index is 12.2. The van der Waals surface area contributed by atoms with Crippen molar-refractivity contribution in [2.45, 2.75) is 72.2 Å². The maximum absolute atomic E-state index is 12.2. The third kappa shape index (κ3) is 3.35. The summed E-state index contributed by atoms with van der Waals surface area (Å²) in [6.45, 7) is 18.7. The number of esters is 1. The zero-order valence-corrected chi connectivity index (χ0v) is 14.7. The molecule has 0 heterocycles. The maximum Gasteiger partial charge on any atom is 0.337 e. The largest absolute Gasteiger partial charge is 0.467 e. The minimum absolute atomic E-state index is 0.0630. The normalized spacial score (nSPS) is 17.2. The van der Waals surface area contributed by atoms with Crippen LogP contribution in [0, 0.1) is 5.41 Å². The van der Waals surface area contributed by atoms with Crippen LogP contribution < -0.4 is 0 Å². The van der Waals surface area contributed by atoms with Gasteiger partial charge in [-0.15, -0.1) is 0 Å². The lowest BCUT2D eigenvalue weighted by atomic mass is 9.78. The molecule has 0 aromatic heterocycles. The first kappa shape index (κ1) is 17.6. The van der Waals surface area contributed by atoms with Crippen molar-refractivity contribution in [2.24, 2.45) is 5.41 Å². The lowest BCUT2D eigenvalue weighted by Gasteiger charge is -2.48. The Kier molecular flexibility index (Phi) is 4.87. The fraction of sp³-hybridized carbons (Fsp3) is 0.929. The first-order valence-electron chi connectivity index (χ1n) is 6.47. The Morgan fingerprint density at radius 3 is 1.56 bits per heavy atom. The SMILES string of the molecule is COC(=O)C(C)(O[Si](C)(C)C(C)(C)C)C(C)(C)C. The van der Waals surface area contributed by atoms with Crippen LogP contribution in [0.3, 0.4) is 0 Å². The highest BCUT2D eigenvalue weighted by Crippen LogP contribution is 2.44. The topological polar surface area (TPSA) is 35.5 Å². The van der Waals surface area contributed by atoms with Gasteiger partial charge >= 0.3 is 5.97 Å². The van der Waals surface area contributed by atoms with Gasteiger partial charge in [-0.2, -0.15) is 0 Å². The fourth-order valence-electron chi connectivity index (χ4n) is 1.36. The van der Waals surface area contributed by atoms with E-state index in [2.05, 4.69) is 33.9 Å². The van der Waals surface area contributed by atoms with Crippen LogP contribution >= 0.6 is 0 Å². The number of ether oxygens (including phenoxy) is 1. The Morgan fingerprint density at radius 2 is 1.33 bits per heavy atom. The molecule has 1 atom stereocenters. The second kappa shape index (κ2) is 4.97. The van der Waals surface area contributed by atoms with E-state index in [0.29, 0.717) is 0 Å². The minimum Gasteiger partial charge on any atom is -0.467 e. The van der Waals surface area contributed by atoms with Gasteiger partial charge in [-0.1, -0.05) is 41.5 Å². The first-order valence-corrected chi connectivity index (χ1v) is 9.38. The summed E-state index contributed by atoms with van der Waals surface area (Å²) in [4.78, 5) is 12.2. The van der Waals surface area contributed by atoms with Crippen LogP contribution in [-0.2, 0) is 14.0 Å². The molecule has 0 saturated carbocycles. The summed E-state index contributed by atoms with van der Waals surface area (Å²) in [6.07, 6.45) is 0. The Bertz CT molecular complexity index is 310. The standard InChI is InChI=1S/C14H30O3Si/c1-12(2,3)14(7,11(15)16-8)17-18(9,10)13(4,5)6/h1-10H3.